The van der Waals surface area contributed by atoms with E-state index in [4.69, 9.17) is 16.3 Å². The maximum atomic E-state index is 12.2. The van der Waals surface area contributed by atoms with Gasteiger partial charge in [-0.3, -0.25) is 30.1 Å². The van der Waals surface area contributed by atoms with Crippen molar-refractivity contribution < 1.29 is 19.1 Å². The Kier molecular flexibility index (Phi) is 8.37. The number of halogens is 1. The Morgan fingerprint density at radius 2 is 1.86 bits per heavy atom. The molecule has 0 aliphatic heterocycles. The number of amides is 3. The van der Waals surface area contributed by atoms with Crippen LogP contribution in [0.4, 0.5) is 5.69 Å². The van der Waals surface area contributed by atoms with Crippen molar-refractivity contribution in [3.05, 3.63) is 39.3 Å². The first-order valence-electron chi connectivity index (χ1n) is 8.57. The third-order valence-corrected chi connectivity index (χ3v) is 4.78. The summed E-state index contributed by atoms with van der Waals surface area (Å²) in [4.78, 5) is 41.7. The third-order valence-electron chi connectivity index (χ3n) is 3.58. The number of nitrogens with zero attached hydrogens (tertiary/aromatic N) is 2. The SMILES string of the molecule is COc1ccc(Cl)cc1NC(=O)CN(C)CC(=O)NNC(=O)Cc1nc(C)cs1. The summed E-state index contributed by atoms with van der Waals surface area (Å²) in [6.07, 6.45) is 0.0818. The molecule has 0 fully saturated rings. The zero-order valence-corrected chi connectivity index (χ0v) is 17.8. The lowest BCUT2D eigenvalue weighted by Crippen LogP contribution is -2.47. The van der Waals surface area contributed by atoms with Crippen LogP contribution in [0.2, 0.25) is 5.02 Å². The van der Waals surface area contributed by atoms with E-state index in [1.807, 2.05) is 12.3 Å². The highest BCUT2D eigenvalue weighted by Crippen LogP contribution is 2.27. The molecule has 0 radical (unpaired) electrons. The number of aryl methyl sites for hydroxylation is 1. The molecule has 0 saturated carbocycles. The zero-order chi connectivity index (χ0) is 21.4. The van der Waals surface area contributed by atoms with E-state index in [0.29, 0.717) is 21.5 Å². The average Bonchev–Trinajstić information content (AvgIpc) is 3.04. The molecule has 0 spiro atoms. The summed E-state index contributed by atoms with van der Waals surface area (Å²) in [6.45, 7) is 1.71. The highest BCUT2D eigenvalue weighted by Gasteiger charge is 2.14. The molecule has 1 heterocycles. The number of thiazole rings is 1. The highest BCUT2D eigenvalue weighted by atomic mass is 35.5. The summed E-state index contributed by atoms with van der Waals surface area (Å²) in [5, 5.41) is 5.66. The van der Waals surface area contributed by atoms with Crippen LogP contribution in [0.1, 0.15) is 10.7 Å². The molecular formula is C18H22ClN5O4S. The number of anilines is 1. The summed E-state index contributed by atoms with van der Waals surface area (Å²) < 4.78 is 5.17. The van der Waals surface area contributed by atoms with Crippen LogP contribution in [0.5, 0.6) is 5.75 Å². The second kappa shape index (κ2) is 10.7. The van der Waals surface area contributed by atoms with Crippen LogP contribution >= 0.6 is 22.9 Å². The molecule has 156 valence electrons. The average molecular weight is 440 g/mol. The molecule has 2 aromatic rings. The summed E-state index contributed by atoms with van der Waals surface area (Å²) in [7, 11) is 3.09. The van der Waals surface area contributed by atoms with Gasteiger partial charge >= 0.3 is 0 Å². The van der Waals surface area contributed by atoms with Crippen LogP contribution in [-0.2, 0) is 20.8 Å². The molecule has 11 heteroatoms. The number of hydrogen-bond donors (Lipinski definition) is 3. The van der Waals surface area contributed by atoms with Crippen LogP contribution < -0.4 is 20.9 Å². The van der Waals surface area contributed by atoms with Crippen molar-refractivity contribution in [1.82, 2.24) is 20.7 Å². The number of nitrogens with one attached hydrogen (secondary N) is 3. The number of rotatable bonds is 8. The van der Waals surface area contributed by atoms with E-state index in [-0.39, 0.29) is 31.3 Å². The van der Waals surface area contributed by atoms with Gasteiger partial charge in [0.2, 0.25) is 11.8 Å². The Morgan fingerprint density at radius 3 is 2.52 bits per heavy atom. The van der Waals surface area contributed by atoms with Crippen molar-refractivity contribution >= 4 is 46.3 Å². The Hall–Kier alpha value is -2.69. The van der Waals surface area contributed by atoms with Gasteiger partial charge in [0.05, 0.1) is 32.3 Å². The molecule has 3 N–H and O–H groups in total. The summed E-state index contributed by atoms with van der Waals surface area (Å²) in [5.74, 6) is -0.698. The summed E-state index contributed by atoms with van der Waals surface area (Å²) in [6, 6.07) is 4.87. The van der Waals surface area contributed by atoms with Gasteiger partial charge in [0.15, 0.2) is 0 Å². The van der Waals surface area contributed by atoms with E-state index in [2.05, 4.69) is 21.2 Å². The van der Waals surface area contributed by atoms with Crippen molar-refractivity contribution in [2.45, 2.75) is 13.3 Å². The van der Waals surface area contributed by atoms with Crippen LogP contribution in [0.15, 0.2) is 23.6 Å². The number of aromatic nitrogens is 1. The lowest BCUT2D eigenvalue weighted by molar-refractivity contribution is -0.129. The Morgan fingerprint density at radius 1 is 1.17 bits per heavy atom. The normalized spacial score (nSPS) is 10.5. The molecule has 9 nitrogen and oxygen atoms in total. The van der Waals surface area contributed by atoms with E-state index >= 15 is 0 Å². The van der Waals surface area contributed by atoms with E-state index in [1.54, 1.807) is 25.2 Å². The number of likely N-dealkylation sites (N-methyl/N-ethyl adjacent to an activating group) is 1. The zero-order valence-electron chi connectivity index (χ0n) is 16.2. The smallest absolute Gasteiger partial charge is 0.252 e. The van der Waals surface area contributed by atoms with Gasteiger partial charge in [-0.05, 0) is 32.2 Å². The highest BCUT2D eigenvalue weighted by molar-refractivity contribution is 7.09. The maximum absolute atomic E-state index is 12.2. The minimum absolute atomic E-state index is 0.0462. The Bertz CT molecular complexity index is 889. The predicted octanol–water partition coefficient (Wildman–Crippen LogP) is 1.37. The molecule has 0 aliphatic carbocycles. The summed E-state index contributed by atoms with van der Waals surface area (Å²) in [5.41, 5.74) is 5.93. The quantitative estimate of drug-likeness (QED) is 0.535. The lowest BCUT2D eigenvalue weighted by atomic mass is 10.3. The number of hydrazine groups is 1. The van der Waals surface area contributed by atoms with Gasteiger partial charge in [-0.25, -0.2) is 4.98 Å². The fraction of sp³-hybridized carbons (Fsp3) is 0.333. The molecule has 1 aromatic carbocycles. The minimum Gasteiger partial charge on any atom is -0.495 e. The largest absolute Gasteiger partial charge is 0.495 e. The number of methoxy groups -OCH3 is 1. The van der Waals surface area contributed by atoms with E-state index in [0.717, 1.165) is 5.69 Å². The topological polar surface area (TPSA) is 113 Å². The molecule has 0 unspecified atom stereocenters. The molecule has 0 saturated heterocycles. The van der Waals surface area contributed by atoms with Gasteiger partial charge in [0.25, 0.3) is 5.91 Å². The standard InChI is InChI=1S/C18H22ClN5O4S/c1-11-10-29-18(20-11)7-15(25)22-23-17(27)9-24(2)8-16(26)21-13-6-12(19)4-5-14(13)28-3/h4-6,10H,7-9H2,1-3H3,(H,21,26)(H,22,25)(H,23,27). The molecule has 2 rings (SSSR count). The molecule has 1 aromatic heterocycles. The van der Waals surface area contributed by atoms with Crippen molar-refractivity contribution in [3.8, 4) is 5.75 Å². The molecule has 0 atom stereocenters. The van der Waals surface area contributed by atoms with E-state index in [9.17, 15) is 14.4 Å². The number of benzene rings is 1. The second-order valence-electron chi connectivity index (χ2n) is 6.22. The Balaban J connectivity index is 1.74. The van der Waals surface area contributed by atoms with Crippen LogP contribution in [0, 0.1) is 6.92 Å². The van der Waals surface area contributed by atoms with Crippen molar-refractivity contribution in [1.29, 1.82) is 0 Å². The van der Waals surface area contributed by atoms with Crippen molar-refractivity contribution in [3.63, 3.8) is 0 Å². The minimum atomic E-state index is -0.454. The van der Waals surface area contributed by atoms with Crippen LogP contribution in [-0.4, -0.2) is 54.9 Å². The first kappa shape index (κ1) is 22.6. The Labute approximate surface area is 177 Å². The van der Waals surface area contributed by atoms with E-state index in [1.165, 1.54) is 23.3 Å². The van der Waals surface area contributed by atoms with Crippen molar-refractivity contribution in [2.24, 2.45) is 0 Å². The van der Waals surface area contributed by atoms with Crippen LogP contribution in [0.25, 0.3) is 0 Å². The van der Waals surface area contributed by atoms with E-state index < -0.39 is 5.91 Å². The second-order valence-corrected chi connectivity index (χ2v) is 7.60. The van der Waals surface area contributed by atoms with Crippen LogP contribution in [0.3, 0.4) is 0 Å². The summed E-state index contributed by atoms with van der Waals surface area (Å²) >= 11 is 7.32. The van der Waals surface area contributed by atoms with Crippen molar-refractivity contribution in [2.75, 3.05) is 32.6 Å². The predicted molar refractivity (Wildman–Crippen MR) is 111 cm³/mol. The number of ether oxygens (including phenoxy) is 1. The monoisotopic (exact) mass is 439 g/mol. The van der Waals surface area contributed by atoms with Gasteiger partial charge in [0, 0.05) is 16.1 Å². The van der Waals surface area contributed by atoms with Gasteiger partial charge in [0.1, 0.15) is 10.8 Å². The molecular weight excluding hydrogens is 418 g/mol. The first-order valence-corrected chi connectivity index (χ1v) is 9.83. The first-order chi connectivity index (χ1) is 13.8. The van der Waals surface area contributed by atoms with Gasteiger partial charge < -0.3 is 10.1 Å². The number of carbonyl (C=O) groups excluding carboxylic acids is 3. The molecule has 3 amide bonds. The maximum Gasteiger partial charge on any atom is 0.252 e. The molecule has 0 bridgehead atoms. The molecule has 29 heavy (non-hydrogen) atoms. The number of hydrogen-bond acceptors (Lipinski definition) is 7. The lowest BCUT2D eigenvalue weighted by Gasteiger charge is -2.17. The van der Waals surface area contributed by atoms with Gasteiger partial charge in [-0.2, -0.15) is 0 Å². The fourth-order valence-corrected chi connectivity index (χ4v) is 3.30. The van der Waals surface area contributed by atoms with Gasteiger partial charge in [-0.1, -0.05) is 11.6 Å². The molecule has 0 aliphatic rings. The third kappa shape index (κ3) is 7.68. The number of carbonyl (C=O) groups is 3. The fourth-order valence-electron chi connectivity index (χ4n) is 2.36. The van der Waals surface area contributed by atoms with Gasteiger partial charge in [-0.15, -0.1) is 11.3 Å².